The van der Waals surface area contributed by atoms with E-state index in [4.69, 9.17) is 4.74 Å². The third-order valence-electron chi connectivity index (χ3n) is 3.15. The smallest absolute Gasteiger partial charge is 0.247 e. The number of hydrogen-bond donors (Lipinski definition) is 1. The SMILES string of the molecule is CCOc1cccc(-c2cccc(NC(=O)Cn3cnnn3)n2)c1. The highest BCUT2D eigenvalue weighted by atomic mass is 16.5. The van der Waals surface area contributed by atoms with Gasteiger partial charge in [0.15, 0.2) is 0 Å². The first-order valence-corrected chi connectivity index (χ1v) is 7.45. The molecule has 3 rings (SSSR count). The number of nitrogens with zero attached hydrogens (tertiary/aromatic N) is 5. The normalized spacial score (nSPS) is 10.4. The fraction of sp³-hybridized carbons (Fsp3) is 0.188. The molecule has 1 N–H and O–H groups in total. The highest BCUT2D eigenvalue weighted by molar-refractivity contribution is 5.89. The molecule has 0 radical (unpaired) electrons. The summed E-state index contributed by atoms with van der Waals surface area (Å²) in [5.41, 5.74) is 1.66. The molecular formula is C16H16N6O2. The number of aromatic nitrogens is 5. The van der Waals surface area contributed by atoms with E-state index in [2.05, 4.69) is 25.8 Å². The molecule has 8 nitrogen and oxygen atoms in total. The number of amides is 1. The number of carbonyl (C=O) groups is 1. The van der Waals surface area contributed by atoms with Crippen LogP contribution in [0.5, 0.6) is 5.75 Å². The summed E-state index contributed by atoms with van der Waals surface area (Å²) in [5.74, 6) is 0.993. The second-order valence-corrected chi connectivity index (χ2v) is 4.92. The first kappa shape index (κ1) is 15.6. The molecule has 1 aromatic carbocycles. The van der Waals surface area contributed by atoms with E-state index < -0.39 is 0 Å². The van der Waals surface area contributed by atoms with Gasteiger partial charge in [-0.05, 0) is 41.6 Å². The Morgan fingerprint density at radius 1 is 1.25 bits per heavy atom. The minimum absolute atomic E-state index is 0.0265. The van der Waals surface area contributed by atoms with Gasteiger partial charge >= 0.3 is 0 Å². The Labute approximate surface area is 138 Å². The fourth-order valence-electron chi connectivity index (χ4n) is 2.16. The van der Waals surface area contributed by atoms with Crippen LogP contribution in [0.3, 0.4) is 0 Å². The Morgan fingerprint density at radius 3 is 2.92 bits per heavy atom. The molecule has 1 amide bonds. The molecule has 2 aromatic heterocycles. The standard InChI is InChI=1S/C16H16N6O2/c1-2-24-13-6-3-5-12(9-13)14-7-4-8-15(18-14)19-16(23)10-22-11-17-20-21-22/h3-9,11H,2,10H2,1H3,(H,18,19,23). The van der Waals surface area contributed by atoms with Gasteiger partial charge in [0.1, 0.15) is 24.4 Å². The van der Waals surface area contributed by atoms with Crippen molar-refractivity contribution in [2.45, 2.75) is 13.5 Å². The van der Waals surface area contributed by atoms with Gasteiger partial charge in [0.05, 0.1) is 12.3 Å². The molecule has 0 aliphatic carbocycles. The summed E-state index contributed by atoms with van der Waals surface area (Å²) in [6.45, 7) is 2.56. The number of hydrogen-bond acceptors (Lipinski definition) is 6. The largest absolute Gasteiger partial charge is 0.494 e. The van der Waals surface area contributed by atoms with Crippen molar-refractivity contribution in [3.63, 3.8) is 0 Å². The second-order valence-electron chi connectivity index (χ2n) is 4.92. The molecule has 0 saturated heterocycles. The molecule has 3 aromatic rings. The number of benzene rings is 1. The second kappa shape index (κ2) is 7.32. The Morgan fingerprint density at radius 2 is 2.12 bits per heavy atom. The lowest BCUT2D eigenvalue weighted by molar-refractivity contribution is -0.116. The van der Waals surface area contributed by atoms with Crippen LogP contribution >= 0.6 is 0 Å². The average Bonchev–Trinajstić information content (AvgIpc) is 3.08. The Balaban J connectivity index is 1.74. The van der Waals surface area contributed by atoms with Gasteiger partial charge in [-0.1, -0.05) is 18.2 Å². The molecule has 2 heterocycles. The van der Waals surface area contributed by atoms with Gasteiger partial charge in [0.25, 0.3) is 0 Å². The van der Waals surface area contributed by atoms with Crippen LogP contribution in [0.4, 0.5) is 5.82 Å². The maximum absolute atomic E-state index is 12.0. The van der Waals surface area contributed by atoms with E-state index in [1.165, 1.54) is 11.0 Å². The molecule has 0 aliphatic rings. The van der Waals surface area contributed by atoms with Crippen molar-refractivity contribution in [2.75, 3.05) is 11.9 Å². The van der Waals surface area contributed by atoms with Gasteiger partial charge in [-0.25, -0.2) is 9.67 Å². The number of tetrazole rings is 1. The molecule has 24 heavy (non-hydrogen) atoms. The average molecular weight is 324 g/mol. The lowest BCUT2D eigenvalue weighted by Gasteiger charge is -2.08. The summed E-state index contributed by atoms with van der Waals surface area (Å²) in [7, 11) is 0. The summed E-state index contributed by atoms with van der Waals surface area (Å²) < 4.78 is 6.84. The van der Waals surface area contributed by atoms with Crippen LogP contribution in [0.25, 0.3) is 11.3 Å². The van der Waals surface area contributed by atoms with E-state index in [1.54, 1.807) is 6.07 Å². The Bertz CT molecular complexity index is 819. The molecule has 0 unspecified atom stereocenters. The first-order valence-electron chi connectivity index (χ1n) is 7.45. The highest BCUT2D eigenvalue weighted by Crippen LogP contribution is 2.23. The summed E-state index contributed by atoms with van der Waals surface area (Å²) in [6, 6.07) is 13.1. The monoisotopic (exact) mass is 324 g/mol. The minimum atomic E-state index is -0.255. The first-order chi connectivity index (χ1) is 11.7. The zero-order chi connectivity index (χ0) is 16.8. The van der Waals surface area contributed by atoms with Crippen molar-refractivity contribution in [3.8, 4) is 17.0 Å². The minimum Gasteiger partial charge on any atom is -0.494 e. The topological polar surface area (TPSA) is 94.8 Å². The number of carbonyl (C=O) groups excluding carboxylic acids is 1. The number of pyridine rings is 1. The number of anilines is 1. The van der Waals surface area contributed by atoms with E-state index in [0.29, 0.717) is 12.4 Å². The van der Waals surface area contributed by atoms with E-state index in [9.17, 15) is 4.79 Å². The lowest BCUT2D eigenvalue weighted by Crippen LogP contribution is -2.19. The van der Waals surface area contributed by atoms with E-state index in [1.807, 2.05) is 43.3 Å². The quantitative estimate of drug-likeness (QED) is 0.742. The van der Waals surface area contributed by atoms with Crippen LogP contribution in [0, 0.1) is 0 Å². The highest BCUT2D eigenvalue weighted by Gasteiger charge is 2.07. The summed E-state index contributed by atoms with van der Waals surface area (Å²) in [6.07, 6.45) is 1.38. The Hall–Kier alpha value is -3.29. The molecular weight excluding hydrogens is 308 g/mol. The van der Waals surface area contributed by atoms with Crippen LogP contribution in [0.15, 0.2) is 48.8 Å². The summed E-state index contributed by atoms with van der Waals surface area (Å²) in [5, 5.41) is 13.4. The van der Waals surface area contributed by atoms with Crippen LogP contribution < -0.4 is 10.1 Å². The maximum Gasteiger partial charge on any atom is 0.247 e. The van der Waals surface area contributed by atoms with Crippen LogP contribution in [0.1, 0.15) is 6.92 Å². The predicted octanol–water partition coefficient (Wildman–Crippen LogP) is 1.77. The molecule has 122 valence electrons. The van der Waals surface area contributed by atoms with E-state index >= 15 is 0 Å². The van der Waals surface area contributed by atoms with Crippen LogP contribution in [-0.2, 0) is 11.3 Å². The number of ether oxygens (including phenoxy) is 1. The molecule has 0 spiro atoms. The van der Waals surface area contributed by atoms with Crippen molar-refractivity contribution in [3.05, 3.63) is 48.8 Å². The van der Waals surface area contributed by atoms with Gasteiger partial charge in [-0.3, -0.25) is 4.79 Å². The van der Waals surface area contributed by atoms with Gasteiger partial charge < -0.3 is 10.1 Å². The van der Waals surface area contributed by atoms with Crippen molar-refractivity contribution >= 4 is 11.7 Å². The zero-order valence-electron chi connectivity index (χ0n) is 13.1. The predicted molar refractivity (Wildman–Crippen MR) is 87.3 cm³/mol. The zero-order valence-corrected chi connectivity index (χ0v) is 13.1. The van der Waals surface area contributed by atoms with Gasteiger partial charge in [-0.2, -0.15) is 0 Å². The van der Waals surface area contributed by atoms with Crippen molar-refractivity contribution in [2.24, 2.45) is 0 Å². The van der Waals surface area contributed by atoms with Gasteiger partial charge in [0.2, 0.25) is 5.91 Å². The van der Waals surface area contributed by atoms with E-state index in [-0.39, 0.29) is 12.5 Å². The molecule has 8 heteroatoms. The van der Waals surface area contributed by atoms with Crippen LogP contribution in [-0.4, -0.2) is 37.7 Å². The Kier molecular flexibility index (Phi) is 4.76. The van der Waals surface area contributed by atoms with Crippen LogP contribution in [0.2, 0.25) is 0 Å². The third kappa shape index (κ3) is 3.92. The summed E-state index contributed by atoms with van der Waals surface area (Å²) in [4.78, 5) is 16.4. The molecule has 0 saturated carbocycles. The maximum atomic E-state index is 12.0. The van der Waals surface area contributed by atoms with Gasteiger partial charge in [0, 0.05) is 5.56 Å². The van der Waals surface area contributed by atoms with Crippen molar-refractivity contribution in [1.29, 1.82) is 0 Å². The third-order valence-corrected chi connectivity index (χ3v) is 3.15. The number of nitrogens with one attached hydrogen (secondary N) is 1. The van der Waals surface area contributed by atoms with Crippen molar-refractivity contribution < 1.29 is 9.53 Å². The summed E-state index contributed by atoms with van der Waals surface area (Å²) >= 11 is 0. The van der Waals surface area contributed by atoms with E-state index in [0.717, 1.165) is 17.0 Å². The number of rotatable bonds is 6. The molecule has 0 aliphatic heterocycles. The fourth-order valence-corrected chi connectivity index (χ4v) is 2.16. The molecule has 0 bridgehead atoms. The van der Waals surface area contributed by atoms with Gasteiger partial charge in [-0.15, -0.1) is 5.10 Å². The molecule has 0 fully saturated rings. The van der Waals surface area contributed by atoms with Crippen molar-refractivity contribution in [1.82, 2.24) is 25.2 Å². The lowest BCUT2D eigenvalue weighted by atomic mass is 10.1. The molecule has 0 atom stereocenters.